The summed E-state index contributed by atoms with van der Waals surface area (Å²) in [5, 5.41) is 2.90. The molecule has 2 aromatic rings. The Morgan fingerprint density at radius 2 is 1.89 bits per heavy atom. The smallest absolute Gasteiger partial charge is 0.251 e. The number of nitrogen functional groups attached to an aromatic ring is 1. The van der Waals surface area contributed by atoms with E-state index in [-0.39, 0.29) is 5.91 Å². The molecule has 2 rings (SSSR count). The molecule has 1 amide bonds. The fourth-order valence-electron chi connectivity index (χ4n) is 2.03. The first kappa shape index (κ1) is 13.1. The first-order valence-electron chi connectivity index (χ1n) is 6.27. The van der Waals surface area contributed by atoms with Gasteiger partial charge in [-0.3, -0.25) is 4.79 Å². The minimum Gasteiger partial charge on any atom is -0.398 e. The van der Waals surface area contributed by atoms with E-state index in [1.807, 2.05) is 56.3 Å². The Labute approximate surface area is 113 Å². The highest BCUT2D eigenvalue weighted by atomic mass is 16.1. The van der Waals surface area contributed by atoms with Crippen LogP contribution in [0, 0.1) is 13.8 Å². The fourth-order valence-corrected chi connectivity index (χ4v) is 2.03. The molecule has 0 saturated carbocycles. The minimum atomic E-state index is -0.0687. The molecule has 0 atom stereocenters. The number of nitrogens with one attached hydrogen (secondary N) is 1. The Hall–Kier alpha value is -2.29. The maximum absolute atomic E-state index is 12.1. The highest BCUT2D eigenvalue weighted by Gasteiger charge is 2.09. The van der Waals surface area contributed by atoms with Gasteiger partial charge in [-0.1, -0.05) is 35.9 Å². The SMILES string of the molecule is Cc1ccc(C(=O)NCc2ccccc2N)c(C)c1. The van der Waals surface area contributed by atoms with Gasteiger partial charge in [-0.15, -0.1) is 0 Å². The summed E-state index contributed by atoms with van der Waals surface area (Å²) < 4.78 is 0. The summed E-state index contributed by atoms with van der Waals surface area (Å²) in [5.74, 6) is -0.0687. The number of nitrogens with two attached hydrogens (primary N) is 1. The van der Waals surface area contributed by atoms with Gasteiger partial charge >= 0.3 is 0 Å². The van der Waals surface area contributed by atoms with Crippen molar-refractivity contribution in [3.63, 3.8) is 0 Å². The lowest BCUT2D eigenvalue weighted by Gasteiger charge is -2.09. The standard InChI is InChI=1S/C16H18N2O/c1-11-7-8-14(12(2)9-11)16(19)18-10-13-5-3-4-6-15(13)17/h3-9H,10,17H2,1-2H3,(H,18,19). The maximum Gasteiger partial charge on any atom is 0.251 e. The lowest BCUT2D eigenvalue weighted by Crippen LogP contribution is -2.24. The van der Waals surface area contributed by atoms with Crippen molar-refractivity contribution < 1.29 is 4.79 Å². The van der Waals surface area contributed by atoms with Crippen LogP contribution in [0.1, 0.15) is 27.0 Å². The number of hydrogen-bond donors (Lipinski definition) is 2. The van der Waals surface area contributed by atoms with Crippen molar-refractivity contribution in [3.05, 3.63) is 64.7 Å². The zero-order chi connectivity index (χ0) is 13.8. The van der Waals surface area contributed by atoms with E-state index in [4.69, 9.17) is 5.73 Å². The summed E-state index contributed by atoms with van der Waals surface area (Å²) in [5.41, 5.74) is 10.3. The van der Waals surface area contributed by atoms with Crippen LogP contribution < -0.4 is 11.1 Å². The van der Waals surface area contributed by atoms with Crippen LogP contribution in [0.2, 0.25) is 0 Å². The van der Waals surface area contributed by atoms with Gasteiger partial charge in [0.25, 0.3) is 5.91 Å². The van der Waals surface area contributed by atoms with Crippen molar-refractivity contribution in [2.75, 3.05) is 5.73 Å². The van der Waals surface area contributed by atoms with Gasteiger partial charge in [-0.25, -0.2) is 0 Å². The predicted molar refractivity (Wildman–Crippen MR) is 77.9 cm³/mol. The van der Waals surface area contributed by atoms with Crippen LogP contribution in [0.5, 0.6) is 0 Å². The predicted octanol–water partition coefficient (Wildman–Crippen LogP) is 2.82. The Kier molecular flexibility index (Phi) is 3.85. The summed E-state index contributed by atoms with van der Waals surface area (Å²) in [6.45, 7) is 4.40. The molecular weight excluding hydrogens is 236 g/mol. The van der Waals surface area contributed by atoms with Crippen LogP contribution >= 0.6 is 0 Å². The molecule has 3 heteroatoms. The number of anilines is 1. The molecular formula is C16H18N2O. The number of rotatable bonds is 3. The molecule has 0 fully saturated rings. The van der Waals surface area contributed by atoms with E-state index in [9.17, 15) is 4.79 Å². The average Bonchev–Trinajstić information content (AvgIpc) is 2.37. The van der Waals surface area contributed by atoms with Crippen molar-refractivity contribution >= 4 is 11.6 Å². The maximum atomic E-state index is 12.1. The minimum absolute atomic E-state index is 0.0687. The molecule has 0 aromatic heterocycles. The molecule has 0 radical (unpaired) electrons. The molecule has 0 saturated heterocycles. The van der Waals surface area contributed by atoms with E-state index in [1.165, 1.54) is 0 Å². The second kappa shape index (κ2) is 5.57. The number of aryl methyl sites for hydroxylation is 2. The number of para-hydroxylation sites is 1. The summed E-state index contributed by atoms with van der Waals surface area (Å²) >= 11 is 0. The molecule has 0 aliphatic carbocycles. The average molecular weight is 254 g/mol. The number of hydrogen-bond acceptors (Lipinski definition) is 2. The van der Waals surface area contributed by atoms with E-state index in [1.54, 1.807) is 0 Å². The molecule has 0 aliphatic rings. The molecule has 0 aliphatic heterocycles. The monoisotopic (exact) mass is 254 g/mol. The topological polar surface area (TPSA) is 55.1 Å². The summed E-state index contributed by atoms with van der Waals surface area (Å²) in [6, 6.07) is 13.3. The Morgan fingerprint density at radius 1 is 1.16 bits per heavy atom. The van der Waals surface area contributed by atoms with Gasteiger partial charge in [-0.2, -0.15) is 0 Å². The fraction of sp³-hybridized carbons (Fsp3) is 0.188. The third kappa shape index (κ3) is 3.13. The molecule has 0 heterocycles. The summed E-state index contributed by atoms with van der Waals surface area (Å²) in [4.78, 5) is 12.1. The molecule has 98 valence electrons. The van der Waals surface area contributed by atoms with Gasteiger partial charge in [0.1, 0.15) is 0 Å². The molecule has 3 N–H and O–H groups in total. The number of carbonyl (C=O) groups is 1. The highest BCUT2D eigenvalue weighted by molar-refractivity contribution is 5.95. The van der Waals surface area contributed by atoms with E-state index in [0.717, 1.165) is 16.7 Å². The van der Waals surface area contributed by atoms with E-state index in [2.05, 4.69) is 5.32 Å². The first-order valence-corrected chi connectivity index (χ1v) is 6.27. The first-order chi connectivity index (χ1) is 9.08. The molecule has 0 spiro atoms. The number of benzene rings is 2. The second-order valence-corrected chi connectivity index (χ2v) is 4.70. The molecule has 19 heavy (non-hydrogen) atoms. The van der Waals surface area contributed by atoms with Gasteiger partial charge < -0.3 is 11.1 Å². The Balaban J connectivity index is 2.08. The van der Waals surface area contributed by atoms with Crippen molar-refractivity contribution in [3.8, 4) is 0 Å². The zero-order valence-corrected chi connectivity index (χ0v) is 11.2. The van der Waals surface area contributed by atoms with E-state index >= 15 is 0 Å². The lowest BCUT2D eigenvalue weighted by molar-refractivity contribution is 0.0950. The third-order valence-corrected chi connectivity index (χ3v) is 3.12. The van der Waals surface area contributed by atoms with Crippen molar-refractivity contribution in [2.45, 2.75) is 20.4 Å². The quantitative estimate of drug-likeness (QED) is 0.827. The summed E-state index contributed by atoms with van der Waals surface area (Å²) in [6.07, 6.45) is 0. The van der Waals surface area contributed by atoms with Crippen molar-refractivity contribution in [2.24, 2.45) is 0 Å². The van der Waals surface area contributed by atoms with Gasteiger partial charge in [0, 0.05) is 17.8 Å². The van der Waals surface area contributed by atoms with Crippen LogP contribution in [0.25, 0.3) is 0 Å². The zero-order valence-electron chi connectivity index (χ0n) is 11.2. The number of amides is 1. The van der Waals surface area contributed by atoms with Gasteiger partial charge in [0.15, 0.2) is 0 Å². The van der Waals surface area contributed by atoms with Crippen LogP contribution in [-0.2, 0) is 6.54 Å². The van der Waals surface area contributed by atoms with Gasteiger partial charge in [0.05, 0.1) is 0 Å². The van der Waals surface area contributed by atoms with E-state index in [0.29, 0.717) is 17.8 Å². The Morgan fingerprint density at radius 3 is 2.58 bits per heavy atom. The van der Waals surface area contributed by atoms with Crippen LogP contribution in [0.4, 0.5) is 5.69 Å². The molecule has 2 aromatic carbocycles. The highest BCUT2D eigenvalue weighted by Crippen LogP contribution is 2.12. The van der Waals surface area contributed by atoms with Crippen LogP contribution in [0.15, 0.2) is 42.5 Å². The van der Waals surface area contributed by atoms with Gasteiger partial charge in [-0.05, 0) is 37.1 Å². The van der Waals surface area contributed by atoms with Crippen LogP contribution in [0.3, 0.4) is 0 Å². The van der Waals surface area contributed by atoms with E-state index < -0.39 is 0 Å². The van der Waals surface area contributed by atoms with Crippen molar-refractivity contribution in [1.82, 2.24) is 5.32 Å². The summed E-state index contributed by atoms with van der Waals surface area (Å²) in [7, 11) is 0. The largest absolute Gasteiger partial charge is 0.398 e. The van der Waals surface area contributed by atoms with Gasteiger partial charge in [0.2, 0.25) is 0 Å². The third-order valence-electron chi connectivity index (χ3n) is 3.12. The number of carbonyl (C=O) groups excluding carboxylic acids is 1. The Bertz CT molecular complexity index is 605. The lowest BCUT2D eigenvalue weighted by atomic mass is 10.1. The molecule has 0 unspecified atom stereocenters. The normalized spacial score (nSPS) is 10.2. The van der Waals surface area contributed by atoms with Crippen LogP contribution in [-0.4, -0.2) is 5.91 Å². The second-order valence-electron chi connectivity index (χ2n) is 4.70. The van der Waals surface area contributed by atoms with Crippen molar-refractivity contribution in [1.29, 1.82) is 0 Å². The molecule has 3 nitrogen and oxygen atoms in total. The molecule has 0 bridgehead atoms.